The molecular formula is C21H24N4O4. The minimum absolute atomic E-state index is 0.0247. The third-order valence-corrected chi connectivity index (χ3v) is 6.07. The van der Waals surface area contributed by atoms with Crippen LogP contribution in [0.4, 0.5) is 0 Å². The summed E-state index contributed by atoms with van der Waals surface area (Å²) >= 11 is 0. The van der Waals surface area contributed by atoms with Gasteiger partial charge in [0, 0.05) is 25.7 Å². The van der Waals surface area contributed by atoms with Crippen LogP contribution in [0.15, 0.2) is 30.5 Å². The highest BCUT2D eigenvalue weighted by Gasteiger charge is 2.47. The molecule has 2 fully saturated rings. The van der Waals surface area contributed by atoms with E-state index in [1.54, 1.807) is 0 Å². The molecule has 29 heavy (non-hydrogen) atoms. The number of amides is 2. The van der Waals surface area contributed by atoms with Crippen molar-refractivity contribution in [3.8, 4) is 11.5 Å². The lowest BCUT2D eigenvalue weighted by atomic mass is 10.1. The molecular weight excluding hydrogens is 372 g/mol. The molecule has 2 aromatic rings. The topological polar surface area (TPSA) is 76.9 Å². The zero-order chi connectivity index (χ0) is 20.0. The van der Waals surface area contributed by atoms with E-state index in [-0.39, 0.29) is 30.7 Å². The molecule has 4 heterocycles. The molecule has 1 aromatic carbocycles. The second kappa shape index (κ2) is 7.09. The van der Waals surface area contributed by atoms with E-state index in [2.05, 4.69) is 5.10 Å². The molecule has 0 saturated carbocycles. The SMILES string of the molecule is Cc1ccn(CCN2C(=O)C[C@H]3[C@@H]2CCN3C(=O)Cc2ccc3c(c2)OCO3)n1. The number of hydrogen-bond donors (Lipinski definition) is 0. The first-order valence-electron chi connectivity index (χ1n) is 10.1. The van der Waals surface area contributed by atoms with E-state index >= 15 is 0 Å². The van der Waals surface area contributed by atoms with Gasteiger partial charge in [0.15, 0.2) is 11.5 Å². The van der Waals surface area contributed by atoms with Crippen LogP contribution in [-0.2, 0) is 22.6 Å². The third-order valence-electron chi connectivity index (χ3n) is 6.07. The quantitative estimate of drug-likeness (QED) is 0.763. The number of hydrogen-bond acceptors (Lipinski definition) is 5. The van der Waals surface area contributed by atoms with Crippen molar-refractivity contribution in [1.29, 1.82) is 0 Å². The molecule has 0 unspecified atom stereocenters. The van der Waals surface area contributed by atoms with Crippen LogP contribution in [0.1, 0.15) is 24.1 Å². The summed E-state index contributed by atoms with van der Waals surface area (Å²) in [6.07, 6.45) is 3.49. The molecule has 2 saturated heterocycles. The Bertz CT molecular complexity index is 956. The largest absolute Gasteiger partial charge is 0.454 e. The van der Waals surface area contributed by atoms with Crippen molar-refractivity contribution in [1.82, 2.24) is 19.6 Å². The number of carbonyl (C=O) groups excluding carboxylic acids is 2. The summed E-state index contributed by atoms with van der Waals surface area (Å²) in [6.45, 7) is 4.18. The molecule has 152 valence electrons. The first-order chi connectivity index (χ1) is 14.1. The van der Waals surface area contributed by atoms with Crippen molar-refractivity contribution >= 4 is 11.8 Å². The fraction of sp³-hybridized carbons (Fsp3) is 0.476. The first-order valence-corrected chi connectivity index (χ1v) is 10.1. The van der Waals surface area contributed by atoms with Crippen LogP contribution in [0, 0.1) is 6.92 Å². The van der Waals surface area contributed by atoms with Gasteiger partial charge < -0.3 is 19.3 Å². The molecule has 0 radical (unpaired) electrons. The Hall–Kier alpha value is -3.03. The molecule has 8 heteroatoms. The molecule has 0 N–H and O–H groups in total. The fourth-order valence-corrected chi connectivity index (χ4v) is 4.65. The van der Waals surface area contributed by atoms with E-state index in [4.69, 9.17) is 9.47 Å². The second-order valence-corrected chi connectivity index (χ2v) is 7.89. The third kappa shape index (κ3) is 3.32. The van der Waals surface area contributed by atoms with Crippen LogP contribution >= 0.6 is 0 Å². The van der Waals surface area contributed by atoms with E-state index in [0.717, 1.165) is 17.7 Å². The van der Waals surface area contributed by atoms with E-state index in [1.807, 2.05) is 51.9 Å². The van der Waals surface area contributed by atoms with E-state index < -0.39 is 0 Å². The predicted molar refractivity (Wildman–Crippen MR) is 103 cm³/mol. The Morgan fingerprint density at radius 2 is 2.03 bits per heavy atom. The number of likely N-dealkylation sites (tertiary alicyclic amines) is 2. The van der Waals surface area contributed by atoms with Crippen LogP contribution < -0.4 is 9.47 Å². The van der Waals surface area contributed by atoms with E-state index in [9.17, 15) is 9.59 Å². The number of carbonyl (C=O) groups is 2. The molecule has 0 bridgehead atoms. The molecule has 2 amide bonds. The van der Waals surface area contributed by atoms with Gasteiger partial charge in [-0.05, 0) is 37.1 Å². The van der Waals surface area contributed by atoms with Crippen molar-refractivity contribution < 1.29 is 19.1 Å². The predicted octanol–water partition coefficient (Wildman–Crippen LogP) is 1.36. The molecule has 2 atom stereocenters. The fourth-order valence-electron chi connectivity index (χ4n) is 4.65. The van der Waals surface area contributed by atoms with Gasteiger partial charge in [-0.25, -0.2) is 0 Å². The highest BCUT2D eigenvalue weighted by molar-refractivity contribution is 5.84. The monoisotopic (exact) mass is 396 g/mol. The molecule has 0 aliphatic carbocycles. The van der Waals surface area contributed by atoms with Gasteiger partial charge in [-0.15, -0.1) is 0 Å². The number of ether oxygens (including phenoxy) is 2. The highest BCUT2D eigenvalue weighted by Crippen LogP contribution is 2.35. The Kier molecular flexibility index (Phi) is 4.41. The number of benzene rings is 1. The van der Waals surface area contributed by atoms with Gasteiger partial charge in [-0.3, -0.25) is 14.3 Å². The van der Waals surface area contributed by atoms with E-state index in [1.165, 1.54) is 0 Å². The molecule has 8 nitrogen and oxygen atoms in total. The minimum Gasteiger partial charge on any atom is -0.454 e. The van der Waals surface area contributed by atoms with Crippen molar-refractivity contribution in [3.05, 3.63) is 41.7 Å². The lowest BCUT2D eigenvalue weighted by Gasteiger charge is -2.25. The lowest BCUT2D eigenvalue weighted by Crippen LogP contribution is -2.41. The summed E-state index contributed by atoms with van der Waals surface area (Å²) in [5.41, 5.74) is 1.87. The molecule has 1 aromatic heterocycles. The van der Waals surface area contributed by atoms with Gasteiger partial charge in [0.05, 0.1) is 30.7 Å². The van der Waals surface area contributed by atoms with Crippen LogP contribution in [0.25, 0.3) is 0 Å². The number of aryl methyl sites for hydroxylation is 1. The van der Waals surface area contributed by atoms with E-state index in [0.29, 0.717) is 44.0 Å². The standard InChI is InChI=1S/C21H24N4O4/c1-14-4-6-23(22-14)8-9-25-16-5-7-24(17(16)12-21(25)27)20(26)11-15-2-3-18-19(10-15)29-13-28-18/h2-4,6,10,16-17H,5,7-9,11-13H2,1H3/t16-,17-/m0/s1. The zero-order valence-electron chi connectivity index (χ0n) is 16.4. The smallest absolute Gasteiger partial charge is 0.231 e. The summed E-state index contributed by atoms with van der Waals surface area (Å²) in [5.74, 6) is 1.59. The maximum absolute atomic E-state index is 13.0. The van der Waals surface area contributed by atoms with Gasteiger partial charge in [0.2, 0.25) is 18.6 Å². The highest BCUT2D eigenvalue weighted by atomic mass is 16.7. The Balaban J connectivity index is 1.23. The summed E-state index contributed by atoms with van der Waals surface area (Å²) in [5, 5.41) is 4.39. The molecule has 5 rings (SSSR count). The first kappa shape index (κ1) is 18.0. The second-order valence-electron chi connectivity index (χ2n) is 7.89. The van der Waals surface area contributed by atoms with Gasteiger partial charge >= 0.3 is 0 Å². The summed E-state index contributed by atoms with van der Waals surface area (Å²) in [4.78, 5) is 29.4. The Morgan fingerprint density at radius 1 is 1.17 bits per heavy atom. The van der Waals surface area contributed by atoms with Gasteiger partial charge in [0.25, 0.3) is 0 Å². The number of fused-ring (bicyclic) bond motifs is 2. The van der Waals surface area contributed by atoms with Crippen molar-refractivity contribution in [2.75, 3.05) is 19.9 Å². The van der Waals surface area contributed by atoms with Crippen molar-refractivity contribution in [3.63, 3.8) is 0 Å². The average Bonchev–Trinajstić information content (AvgIpc) is 3.45. The average molecular weight is 396 g/mol. The summed E-state index contributed by atoms with van der Waals surface area (Å²) in [6, 6.07) is 7.66. The van der Waals surface area contributed by atoms with Gasteiger partial charge in [-0.2, -0.15) is 5.10 Å². The maximum atomic E-state index is 13.0. The van der Waals surface area contributed by atoms with Crippen molar-refractivity contribution in [2.24, 2.45) is 0 Å². The van der Waals surface area contributed by atoms with Gasteiger partial charge in [0.1, 0.15) is 0 Å². The number of aromatic nitrogens is 2. The number of rotatable bonds is 5. The Labute approximate surface area is 169 Å². The summed E-state index contributed by atoms with van der Waals surface area (Å²) in [7, 11) is 0. The normalized spacial score (nSPS) is 22.4. The minimum atomic E-state index is -0.0247. The van der Waals surface area contributed by atoms with Gasteiger partial charge in [-0.1, -0.05) is 6.07 Å². The number of nitrogens with zero attached hydrogens (tertiary/aromatic N) is 4. The molecule has 0 spiro atoms. The maximum Gasteiger partial charge on any atom is 0.231 e. The van der Waals surface area contributed by atoms with Crippen LogP contribution in [0.5, 0.6) is 11.5 Å². The van der Waals surface area contributed by atoms with Crippen LogP contribution in [0.2, 0.25) is 0 Å². The molecule has 3 aliphatic heterocycles. The molecule has 3 aliphatic rings. The zero-order valence-corrected chi connectivity index (χ0v) is 16.4. The lowest BCUT2D eigenvalue weighted by molar-refractivity contribution is -0.131. The Morgan fingerprint density at radius 3 is 2.86 bits per heavy atom. The van der Waals surface area contributed by atoms with Crippen LogP contribution in [0.3, 0.4) is 0 Å². The summed E-state index contributed by atoms with van der Waals surface area (Å²) < 4.78 is 12.6. The van der Waals surface area contributed by atoms with Crippen LogP contribution in [-0.4, -0.2) is 63.4 Å². The van der Waals surface area contributed by atoms with Crippen molar-refractivity contribution in [2.45, 2.75) is 44.8 Å².